The number of hydrogen-bond donors (Lipinski definition) is 1. The molecule has 0 fully saturated rings. The SMILES string of the molecule is Cc1cc(C)n(CCC(=O)NC[C@H](Cc2ccc(Cl)cc2)c2ccc(Cl)cc2)n1.O=C([O-])C(F)(F)F. The Balaban J connectivity index is 0.000000572. The summed E-state index contributed by atoms with van der Waals surface area (Å²) in [4.78, 5) is 21.2. The molecular formula is C25H25Cl2F3N3O3-. The molecule has 2 aromatic carbocycles. The first kappa shape index (κ1) is 29.2. The average Bonchev–Trinajstić information content (AvgIpc) is 3.13. The molecule has 3 aromatic rings. The van der Waals surface area contributed by atoms with Gasteiger partial charge in [-0.25, -0.2) is 0 Å². The maximum atomic E-state index is 12.4. The van der Waals surface area contributed by atoms with Gasteiger partial charge < -0.3 is 15.2 Å². The van der Waals surface area contributed by atoms with Crippen LogP contribution in [0.15, 0.2) is 54.6 Å². The summed E-state index contributed by atoms with van der Waals surface area (Å²) in [7, 11) is 0. The summed E-state index contributed by atoms with van der Waals surface area (Å²) in [5.74, 6) is -2.84. The molecule has 0 spiro atoms. The van der Waals surface area contributed by atoms with Crippen LogP contribution in [0.25, 0.3) is 0 Å². The van der Waals surface area contributed by atoms with Crippen molar-refractivity contribution in [2.75, 3.05) is 6.54 Å². The molecule has 11 heteroatoms. The summed E-state index contributed by atoms with van der Waals surface area (Å²) in [6.07, 6.45) is -3.99. The molecule has 36 heavy (non-hydrogen) atoms. The zero-order chi connectivity index (χ0) is 26.9. The second-order valence-corrected chi connectivity index (χ2v) is 8.94. The van der Waals surface area contributed by atoms with Crippen molar-refractivity contribution in [1.29, 1.82) is 0 Å². The van der Waals surface area contributed by atoms with Crippen molar-refractivity contribution in [3.63, 3.8) is 0 Å². The molecule has 1 heterocycles. The Kier molecular flexibility index (Phi) is 10.8. The number of aromatic nitrogens is 2. The number of rotatable bonds is 8. The molecule has 0 saturated carbocycles. The van der Waals surface area contributed by atoms with Gasteiger partial charge in [-0.05, 0) is 61.7 Å². The second-order valence-electron chi connectivity index (χ2n) is 8.07. The van der Waals surface area contributed by atoms with E-state index < -0.39 is 12.1 Å². The van der Waals surface area contributed by atoms with Crippen molar-refractivity contribution in [2.45, 2.75) is 45.3 Å². The number of nitrogens with one attached hydrogen (secondary N) is 1. The number of hydrogen-bond acceptors (Lipinski definition) is 4. The lowest BCUT2D eigenvalue weighted by molar-refractivity contribution is -0.344. The Hall–Kier alpha value is -3.04. The fourth-order valence-electron chi connectivity index (χ4n) is 3.38. The molecule has 0 radical (unpaired) electrons. The van der Waals surface area contributed by atoms with Crippen LogP contribution in [0.4, 0.5) is 13.2 Å². The van der Waals surface area contributed by atoms with Crippen LogP contribution in [-0.4, -0.2) is 34.4 Å². The van der Waals surface area contributed by atoms with E-state index in [2.05, 4.69) is 10.4 Å². The van der Waals surface area contributed by atoms with Crippen molar-refractivity contribution in [2.24, 2.45) is 0 Å². The molecule has 1 amide bonds. The normalized spacial score (nSPS) is 11.9. The number of carbonyl (C=O) groups excluding carboxylic acids is 2. The van der Waals surface area contributed by atoms with Crippen molar-refractivity contribution in [3.05, 3.63) is 87.2 Å². The molecule has 0 aliphatic heterocycles. The fraction of sp³-hybridized carbons (Fsp3) is 0.320. The molecule has 0 bridgehead atoms. The maximum Gasteiger partial charge on any atom is 0.430 e. The lowest BCUT2D eigenvalue weighted by Gasteiger charge is -2.19. The number of amides is 1. The molecule has 1 N–H and O–H groups in total. The van der Waals surface area contributed by atoms with Gasteiger partial charge in [0.1, 0.15) is 5.97 Å². The van der Waals surface area contributed by atoms with Gasteiger partial charge in [0.25, 0.3) is 0 Å². The van der Waals surface area contributed by atoms with Gasteiger partial charge in [-0.3, -0.25) is 9.48 Å². The van der Waals surface area contributed by atoms with Crippen molar-refractivity contribution in [3.8, 4) is 0 Å². The topological polar surface area (TPSA) is 87.0 Å². The molecule has 6 nitrogen and oxygen atoms in total. The third-order valence-corrected chi connectivity index (χ3v) is 5.67. The molecule has 1 atom stereocenters. The van der Waals surface area contributed by atoms with Crippen LogP contribution in [0.2, 0.25) is 10.0 Å². The number of nitrogens with zero attached hydrogens (tertiary/aromatic N) is 2. The molecule has 0 saturated heterocycles. The van der Waals surface area contributed by atoms with E-state index in [1.54, 1.807) is 0 Å². The van der Waals surface area contributed by atoms with Crippen LogP contribution in [0.3, 0.4) is 0 Å². The minimum absolute atomic E-state index is 0.0209. The number of benzene rings is 2. The molecule has 0 aliphatic rings. The molecule has 194 valence electrons. The van der Waals surface area contributed by atoms with E-state index in [0.717, 1.165) is 23.4 Å². The molecule has 0 aliphatic carbocycles. The smallest absolute Gasteiger partial charge is 0.430 e. The third-order valence-electron chi connectivity index (χ3n) is 5.17. The Labute approximate surface area is 217 Å². The van der Waals surface area contributed by atoms with E-state index in [4.69, 9.17) is 33.1 Å². The van der Waals surface area contributed by atoms with Crippen molar-refractivity contribution < 1.29 is 27.9 Å². The van der Waals surface area contributed by atoms with Gasteiger partial charge in [0.05, 0.1) is 5.69 Å². The largest absolute Gasteiger partial charge is 0.542 e. The second kappa shape index (κ2) is 13.3. The zero-order valence-corrected chi connectivity index (χ0v) is 21.1. The van der Waals surface area contributed by atoms with Crippen LogP contribution in [0.5, 0.6) is 0 Å². The first-order chi connectivity index (χ1) is 16.8. The minimum Gasteiger partial charge on any atom is -0.542 e. The maximum absolute atomic E-state index is 12.4. The average molecular weight is 543 g/mol. The molecule has 1 aromatic heterocycles. The summed E-state index contributed by atoms with van der Waals surface area (Å²) < 4.78 is 33.4. The zero-order valence-electron chi connectivity index (χ0n) is 19.6. The highest BCUT2D eigenvalue weighted by atomic mass is 35.5. The summed E-state index contributed by atoms with van der Waals surface area (Å²) >= 11 is 12.0. The van der Waals surface area contributed by atoms with Gasteiger partial charge in [0.15, 0.2) is 0 Å². The van der Waals surface area contributed by atoms with E-state index in [9.17, 15) is 18.0 Å². The first-order valence-electron chi connectivity index (χ1n) is 10.9. The molecule has 3 rings (SSSR count). The number of carboxylic acid groups (broad SMARTS) is 1. The fourth-order valence-corrected chi connectivity index (χ4v) is 3.63. The van der Waals surface area contributed by atoms with Crippen LogP contribution < -0.4 is 10.4 Å². The predicted molar refractivity (Wildman–Crippen MR) is 130 cm³/mol. The van der Waals surface area contributed by atoms with E-state index in [-0.39, 0.29) is 11.8 Å². The highest BCUT2D eigenvalue weighted by molar-refractivity contribution is 6.30. The summed E-state index contributed by atoms with van der Waals surface area (Å²) in [5, 5.41) is 17.7. The van der Waals surface area contributed by atoms with E-state index in [0.29, 0.717) is 29.6 Å². The number of carbonyl (C=O) groups is 2. The number of alkyl halides is 3. The Morgan fingerprint density at radius 2 is 1.56 bits per heavy atom. The summed E-state index contributed by atoms with van der Waals surface area (Å²) in [6, 6.07) is 17.7. The van der Waals surface area contributed by atoms with Gasteiger partial charge in [0.2, 0.25) is 5.91 Å². The van der Waals surface area contributed by atoms with E-state index in [1.165, 1.54) is 5.56 Å². The highest BCUT2D eigenvalue weighted by Gasteiger charge is 2.28. The van der Waals surface area contributed by atoms with Gasteiger partial charge >= 0.3 is 6.18 Å². The van der Waals surface area contributed by atoms with Gasteiger partial charge in [0, 0.05) is 41.2 Å². The minimum atomic E-state index is -5.19. The standard InChI is InChI=1S/C23H25Cl2N3O.C2HF3O2/c1-16-13-17(2)28(27-16)12-11-23(29)26-15-20(19-5-9-22(25)10-6-19)14-18-3-7-21(24)8-4-18;3-2(4,5)1(6)7/h3-10,13,20H,11-12,14-15H2,1-2H3,(H,26,29);(H,6,7)/p-1/t20-;/m0./s1. The lowest BCUT2D eigenvalue weighted by atomic mass is 9.92. The Morgan fingerprint density at radius 3 is 2.03 bits per heavy atom. The Bertz CT molecular complexity index is 1150. The first-order valence-corrected chi connectivity index (χ1v) is 11.7. The van der Waals surface area contributed by atoms with E-state index in [1.807, 2.05) is 73.1 Å². The van der Waals surface area contributed by atoms with E-state index >= 15 is 0 Å². The summed E-state index contributed by atoms with van der Waals surface area (Å²) in [5.41, 5.74) is 4.35. The Morgan fingerprint density at radius 1 is 1.03 bits per heavy atom. The molecule has 0 unspecified atom stereocenters. The van der Waals surface area contributed by atoms with Crippen LogP contribution in [0.1, 0.15) is 34.9 Å². The van der Waals surface area contributed by atoms with Crippen LogP contribution in [0, 0.1) is 13.8 Å². The third kappa shape index (κ3) is 9.91. The van der Waals surface area contributed by atoms with Crippen LogP contribution >= 0.6 is 23.2 Å². The highest BCUT2D eigenvalue weighted by Crippen LogP contribution is 2.23. The van der Waals surface area contributed by atoms with Gasteiger partial charge in [-0.1, -0.05) is 47.5 Å². The number of carboxylic acids is 1. The predicted octanol–water partition coefficient (Wildman–Crippen LogP) is 4.64. The van der Waals surface area contributed by atoms with Gasteiger partial charge in [-0.15, -0.1) is 0 Å². The number of halogens is 5. The molecular weight excluding hydrogens is 518 g/mol. The number of aryl methyl sites for hydroxylation is 3. The van der Waals surface area contributed by atoms with Crippen molar-refractivity contribution in [1.82, 2.24) is 15.1 Å². The number of aliphatic carboxylic acids is 1. The monoisotopic (exact) mass is 542 g/mol. The van der Waals surface area contributed by atoms with Gasteiger partial charge in [-0.2, -0.15) is 18.3 Å². The lowest BCUT2D eigenvalue weighted by Crippen LogP contribution is -2.37. The summed E-state index contributed by atoms with van der Waals surface area (Å²) in [6.45, 7) is 5.09. The van der Waals surface area contributed by atoms with Crippen LogP contribution in [-0.2, 0) is 22.6 Å². The quantitative estimate of drug-likeness (QED) is 0.449. The van der Waals surface area contributed by atoms with Crippen molar-refractivity contribution >= 4 is 35.1 Å².